The third kappa shape index (κ3) is 2.81. The van der Waals surface area contributed by atoms with Gasteiger partial charge in [0.15, 0.2) is 0 Å². The van der Waals surface area contributed by atoms with Crippen LogP contribution in [0.2, 0.25) is 0 Å². The highest BCUT2D eigenvalue weighted by molar-refractivity contribution is 5.49. The molecule has 0 aromatic heterocycles. The van der Waals surface area contributed by atoms with Gasteiger partial charge >= 0.3 is 0 Å². The summed E-state index contributed by atoms with van der Waals surface area (Å²) in [5.74, 6) is 0. The average Bonchev–Trinajstić information content (AvgIpc) is 2.85. The van der Waals surface area contributed by atoms with Crippen LogP contribution in [0.1, 0.15) is 43.7 Å². The van der Waals surface area contributed by atoms with E-state index in [0.717, 1.165) is 24.8 Å². The Bertz CT molecular complexity index is 367. The SMILES string of the molecule is CCN(Cc1cccc(N)c1C)C1CCCC1. The molecule has 1 aliphatic carbocycles. The molecule has 0 aliphatic heterocycles. The molecule has 0 bridgehead atoms. The van der Waals surface area contributed by atoms with E-state index in [4.69, 9.17) is 5.73 Å². The molecule has 0 heterocycles. The maximum atomic E-state index is 5.97. The number of hydrogen-bond donors (Lipinski definition) is 1. The maximum absolute atomic E-state index is 5.97. The fourth-order valence-electron chi connectivity index (χ4n) is 2.86. The first-order valence-corrected chi connectivity index (χ1v) is 6.80. The molecule has 0 amide bonds. The molecule has 2 N–H and O–H groups in total. The molecule has 1 aliphatic rings. The molecular weight excluding hydrogens is 208 g/mol. The summed E-state index contributed by atoms with van der Waals surface area (Å²) in [5, 5.41) is 0. The third-order valence-electron chi connectivity index (χ3n) is 4.11. The zero-order chi connectivity index (χ0) is 12.3. The minimum Gasteiger partial charge on any atom is -0.399 e. The summed E-state index contributed by atoms with van der Waals surface area (Å²) < 4.78 is 0. The zero-order valence-electron chi connectivity index (χ0n) is 11.1. The van der Waals surface area contributed by atoms with E-state index in [2.05, 4.69) is 30.9 Å². The number of nitrogen functional groups attached to an aromatic ring is 1. The Morgan fingerprint density at radius 1 is 1.29 bits per heavy atom. The number of hydrogen-bond acceptors (Lipinski definition) is 2. The van der Waals surface area contributed by atoms with E-state index in [1.54, 1.807) is 0 Å². The van der Waals surface area contributed by atoms with E-state index in [1.807, 2.05) is 6.07 Å². The van der Waals surface area contributed by atoms with E-state index in [-0.39, 0.29) is 0 Å². The minimum atomic E-state index is 0.792. The first kappa shape index (κ1) is 12.4. The van der Waals surface area contributed by atoms with Gasteiger partial charge in [0.05, 0.1) is 0 Å². The predicted octanol–water partition coefficient (Wildman–Crippen LogP) is 3.34. The Balaban J connectivity index is 2.09. The molecular formula is C15H24N2. The largest absolute Gasteiger partial charge is 0.399 e. The molecule has 1 aromatic rings. The summed E-state index contributed by atoms with van der Waals surface area (Å²) in [6.07, 6.45) is 5.54. The Hall–Kier alpha value is -1.02. The van der Waals surface area contributed by atoms with Crippen LogP contribution in [0.3, 0.4) is 0 Å². The van der Waals surface area contributed by atoms with E-state index in [1.165, 1.54) is 36.8 Å². The smallest absolute Gasteiger partial charge is 0.0346 e. The molecule has 1 fully saturated rings. The molecule has 0 saturated heterocycles. The zero-order valence-corrected chi connectivity index (χ0v) is 11.1. The monoisotopic (exact) mass is 232 g/mol. The second kappa shape index (κ2) is 5.54. The van der Waals surface area contributed by atoms with Crippen LogP contribution < -0.4 is 5.73 Å². The molecule has 1 aromatic carbocycles. The van der Waals surface area contributed by atoms with Gasteiger partial charge in [-0.2, -0.15) is 0 Å². The van der Waals surface area contributed by atoms with Crippen molar-refractivity contribution in [2.75, 3.05) is 12.3 Å². The molecule has 17 heavy (non-hydrogen) atoms. The first-order chi connectivity index (χ1) is 8.22. The van der Waals surface area contributed by atoms with Crippen LogP contribution in [-0.4, -0.2) is 17.5 Å². The lowest BCUT2D eigenvalue weighted by Crippen LogP contribution is -2.32. The number of anilines is 1. The Kier molecular flexibility index (Phi) is 4.06. The summed E-state index contributed by atoms with van der Waals surface area (Å²) >= 11 is 0. The van der Waals surface area contributed by atoms with E-state index in [0.29, 0.717) is 0 Å². The molecule has 2 rings (SSSR count). The fourth-order valence-corrected chi connectivity index (χ4v) is 2.86. The molecule has 2 heteroatoms. The summed E-state index contributed by atoms with van der Waals surface area (Å²) in [6.45, 7) is 6.59. The summed E-state index contributed by atoms with van der Waals surface area (Å²) in [7, 11) is 0. The molecule has 0 spiro atoms. The van der Waals surface area contributed by atoms with E-state index < -0.39 is 0 Å². The Labute approximate surface area is 105 Å². The second-order valence-corrected chi connectivity index (χ2v) is 5.13. The van der Waals surface area contributed by atoms with Crippen molar-refractivity contribution in [1.82, 2.24) is 4.90 Å². The predicted molar refractivity (Wildman–Crippen MR) is 73.9 cm³/mol. The van der Waals surface area contributed by atoms with Gasteiger partial charge in [-0.05, 0) is 43.5 Å². The topological polar surface area (TPSA) is 29.3 Å². The standard InChI is InChI=1S/C15H24N2/c1-3-17(14-8-4-5-9-14)11-13-7-6-10-15(16)12(13)2/h6-7,10,14H,3-5,8-9,11,16H2,1-2H3. The van der Waals surface area contributed by atoms with E-state index >= 15 is 0 Å². The number of nitrogens with two attached hydrogens (primary N) is 1. The highest BCUT2D eigenvalue weighted by atomic mass is 15.1. The lowest BCUT2D eigenvalue weighted by molar-refractivity contribution is 0.200. The van der Waals surface area contributed by atoms with Gasteiger partial charge in [0.1, 0.15) is 0 Å². The molecule has 2 nitrogen and oxygen atoms in total. The van der Waals surface area contributed by atoms with Gasteiger partial charge in [-0.1, -0.05) is 31.9 Å². The Morgan fingerprint density at radius 2 is 2.00 bits per heavy atom. The van der Waals surface area contributed by atoms with Crippen LogP contribution in [0.4, 0.5) is 5.69 Å². The third-order valence-corrected chi connectivity index (χ3v) is 4.11. The lowest BCUT2D eigenvalue weighted by atomic mass is 10.1. The van der Waals surface area contributed by atoms with Gasteiger partial charge in [-0.3, -0.25) is 4.90 Å². The normalized spacial score (nSPS) is 16.9. The van der Waals surface area contributed by atoms with Gasteiger partial charge in [0.25, 0.3) is 0 Å². The van der Waals surface area contributed by atoms with Crippen molar-refractivity contribution in [3.05, 3.63) is 29.3 Å². The van der Waals surface area contributed by atoms with E-state index in [9.17, 15) is 0 Å². The summed E-state index contributed by atoms with van der Waals surface area (Å²) in [5.41, 5.74) is 9.54. The first-order valence-electron chi connectivity index (χ1n) is 6.80. The fraction of sp³-hybridized carbons (Fsp3) is 0.600. The highest BCUT2D eigenvalue weighted by Gasteiger charge is 2.21. The van der Waals surface area contributed by atoms with Crippen molar-refractivity contribution in [2.45, 2.75) is 52.1 Å². The quantitative estimate of drug-likeness (QED) is 0.807. The van der Waals surface area contributed by atoms with Crippen molar-refractivity contribution in [2.24, 2.45) is 0 Å². The van der Waals surface area contributed by atoms with Crippen LogP contribution in [0.5, 0.6) is 0 Å². The van der Waals surface area contributed by atoms with Crippen molar-refractivity contribution in [3.8, 4) is 0 Å². The van der Waals surface area contributed by atoms with Crippen LogP contribution in [0, 0.1) is 6.92 Å². The summed E-state index contributed by atoms with van der Waals surface area (Å²) in [6, 6.07) is 7.06. The summed E-state index contributed by atoms with van der Waals surface area (Å²) in [4.78, 5) is 2.61. The van der Waals surface area contributed by atoms with Crippen molar-refractivity contribution >= 4 is 5.69 Å². The van der Waals surface area contributed by atoms with Gasteiger partial charge in [-0.25, -0.2) is 0 Å². The highest BCUT2D eigenvalue weighted by Crippen LogP contribution is 2.26. The average molecular weight is 232 g/mol. The lowest BCUT2D eigenvalue weighted by Gasteiger charge is -2.28. The maximum Gasteiger partial charge on any atom is 0.0346 e. The van der Waals surface area contributed by atoms with Gasteiger partial charge < -0.3 is 5.73 Å². The van der Waals surface area contributed by atoms with Crippen LogP contribution in [0.25, 0.3) is 0 Å². The molecule has 94 valence electrons. The minimum absolute atomic E-state index is 0.792. The Morgan fingerprint density at radius 3 is 2.65 bits per heavy atom. The van der Waals surface area contributed by atoms with Crippen LogP contribution >= 0.6 is 0 Å². The van der Waals surface area contributed by atoms with Gasteiger partial charge in [0.2, 0.25) is 0 Å². The van der Waals surface area contributed by atoms with Crippen molar-refractivity contribution in [1.29, 1.82) is 0 Å². The van der Waals surface area contributed by atoms with Gasteiger partial charge in [-0.15, -0.1) is 0 Å². The number of benzene rings is 1. The van der Waals surface area contributed by atoms with Crippen LogP contribution in [-0.2, 0) is 6.54 Å². The number of rotatable bonds is 4. The second-order valence-electron chi connectivity index (χ2n) is 5.13. The van der Waals surface area contributed by atoms with Crippen LogP contribution in [0.15, 0.2) is 18.2 Å². The molecule has 1 saturated carbocycles. The number of nitrogens with zero attached hydrogens (tertiary/aromatic N) is 1. The van der Waals surface area contributed by atoms with Crippen molar-refractivity contribution in [3.63, 3.8) is 0 Å². The molecule has 0 atom stereocenters. The van der Waals surface area contributed by atoms with Gasteiger partial charge in [0, 0.05) is 18.3 Å². The molecule has 0 radical (unpaired) electrons. The van der Waals surface area contributed by atoms with Crippen molar-refractivity contribution < 1.29 is 0 Å². The molecule has 0 unspecified atom stereocenters.